The monoisotopic (exact) mass is 546 g/mol. The molecule has 0 spiro atoms. The van der Waals surface area contributed by atoms with Gasteiger partial charge in [0.25, 0.3) is 0 Å². The third-order valence-electron chi connectivity index (χ3n) is 5.72. The molecule has 2 nitrogen and oxygen atoms in total. The molecular weight excluding hydrogens is 525 g/mol. The molecule has 0 fully saturated rings. The number of hydrogen-bond donors (Lipinski definition) is 0. The number of hydrogen-bond acceptors (Lipinski definition) is 2. The molecule has 0 aromatic heterocycles. The van der Waals surface area contributed by atoms with Crippen molar-refractivity contribution in [3.63, 3.8) is 0 Å². The third kappa shape index (κ3) is 6.83. The first kappa shape index (κ1) is 28.5. The topological polar surface area (TPSA) is 26.3 Å². The lowest BCUT2D eigenvalue weighted by atomic mass is 9.86. The molecule has 10 heteroatoms. The molecule has 3 aromatic rings. The lowest BCUT2D eigenvalue weighted by Gasteiger charge is -2.20. The van der Waals surface area contributed by atoms with E-state index in [1.165, 1.54) is 37.4 Å². The van der Waals surface area contributed by atoms with Gasteiger partial charge in [0, 0.05) is 0 Å². The first-order valence-corrected chi connectivity index (χ1v) is 11.5. The van der Waals surface area contributed by atoms with Crippen LogP contribution in [0.1, 0.15) is 42.9 Å². The Kier molecular flexibility index (Phi) is 8.27. The fraction of sp³-hybridized carbons (Fsp3) is 0.296. The summed E-state index contributed by atoms with van der Waals surface area (Å²) >= 11 is 5.77. The number of methoxy groups -OCH3 is 1. The number of benzene rings is 3. The van der Waals surface area contributed by atoms with Crippen LogP contribution in [0.2, 0.25) is 5.02 Å². The van der Waals surface area contributed by atoms with Gasteiger partial charge in [0.05, 0.1) is 29.2 Å². The molecule has 3 rings (SSSR count). The molecule has 0 N–H and O–H groups in total. The molecule has 0 aliphatic rings. The molecule has 0 aliphatic carbocycles. The van der Waals surface area contributed by atoms with Crippen molar-refractivity contribution in [2.45, 2.75) is 38.5 Å². The van der Waals surface area contributed by atoms with Crippen LogP contribution < -0.4 is 0 Å². The summed E-state index contributed by atoms with van der Waals surface area (Å²) < 4.78 is 100. The number of alkyl halides is 6. The Labute approximate surface area is 214 Å². The normalized spacial score (nSPS) is 13.1. The van der Waals surface area contributed by atoms with Crippen molar-refractivity contribution in [1.82, 2.24) is 0 Å². The van der Waals surface area contributed by atoms with Gasteiger partial charge in [-0.3, -0.25) is 4.79 Å². The van der Waals surface area contributed by atoms with Gasteiger partial charge in [-0.1, -0.05) is 43.6 Å². The van der Waals surface area contributed by atoms with E-state index in [0.29, 0.717) is 24.1 Å². The fourth-order valence-electron chi connectivity index (χ4n) is 3.97. The molecule has 0 saturated heterocycles. The van der Waals surface area contributed by atoms with Gasteiger partial charge in [-0.2, -0.15) is 26.3 Å². The van der Waals surface area contributed by atoms with Crippen molar-refractivity contribution in [1.29, 1.82) is 0 Å². The van der Waals surface area contributed by atoms with E-state index < -0.39 is 41.2 Å². The van der Waals surface area contributed by atoms with Crippen LogP contribution in [0.4, 0.5) is 30.7 Å². The Bertz CT molecular complexity index is 1260. The molecule has 0 bridgehead atoms. The highest BCUT2D eigenvalue weighted by Gasteiger charge is 2.37. The second-order valence-electron chi connectivity index (χ2n) is 8.97. The summed E-state index contributed by atoms with van der Waals surface area (Å²) in [6.07, 6.45) is -9.79. The van der Waals surface area contributed by atoms with E-state index >= 15 is 0 Å². The first-order chi connectivity index (χ1) is 17.1. The third-order valence-corrected chi connectivity index (χ3v) is 6.03. The van der Waals surface area contributed by atoms with Crippen molar-refractivity contribution < 1.29 is 40.3 Å². The molecule has 0 radical (unpaired) electrons. The second kappa shape index (κ2) is 10.7. The van der Waals surface area contributed by atoms with Crippen molar-refractivity contribution >= 4 is 17.6 Å². The summed E-state index contributed by atoms with van der Waals surface area (Å²) in [6, 6.07) is 9.31. The minimum Gasteiger partial charge on any atom is -0.469 e. The smallest absolute Gasteiger partial charge is 0.416 e. The van der Waals surface area contributed by atoms with Crippen LogP contribution in [0.5, 0.6) is 0 Å². The fourth-order valence-corrected chi connectivity index (χ4v) is 4.08. The van der Waals surface area contributed by atoms with Crippen LogP contribution in [-0.2, 0) is 21.9 Å². The highest BCUT2D eigenvalue weighted by molar-refractivity contribution is 6.30. The van der Waals surface area contributed by atoms with Crippen LogP contribution in [0.15, 0.2) is 54.6 Å². The zero-order valence-electron chi connectivity index (χ0n) is 19.9. The van der Waals surface area contributed by atoms with Gasteiger partial charge >= 0.3 is 18.3 Å². The number of carbonyl (C=O) groups is 1. The van der Waals surface area contributed by atoms with Gasteiger partial charge in [-0.25, -0.2) is 4.39 Å². The quantitative estimate of drug-likeness (QED) is 0.228. The summed E-state index contributed by atoms with van der Waals surface area (Å²) in [7, 11) is 1.18. The lowest BCUT2D eigenvalue weighted by Crippen LogP contribution is -2.16. The van der Waals surface area contributed by atoms with E-state index in [-0.39, 0.29) is 39.3 Å². The van der Waals surface area contributed by atoms with Crippen molar-refractivity contribution in [3.8, 4) is 22.3 Å². The van der Waals surface area contributed by atoms with E-state index in [1.807, 2.05) is 13.8 Å². The number of ether oxygens (including phenoxy) is 1. The maximum atomic E-state index is 14.2. The van der Waals surface area contributed by atoms with E-state index in [1.54, 1.807) is 0 Å². The van der Waals surface area contributed by atoms with E-state index in [4.69, 9.17) is 16.3 Å². The number of esters is 1. The molecule has 3 aromatic carbocycles. The van der Waals surface area contributed by atoms with Gasteiger partial charge < -0.3 is 4.74 Å². The number of carbonyl (C=O) groups excluding carboxylic acids is 1. The number of rotatable bonds is 6. The predicted octanol–water partition coefficient (Wildman–Crippen LogP) is 9.15. The molecule has 0 saturated carbocycles. The second-order valence-corrected chi connectivity index (χ2v) is 9.38. The van der Waals surface area contributed by atoms with Crippen molar-refractivity contribution in [2.24, 2.45) is 5.92 Å². The molecule has 0 amide bonds. The average Bonchev–Trinajstić information content (AvgIpc) is 2.82. The zero-order valence-corrected chi connectivity index (χ0v) is 20.7. The van der Waals surface area contributed by atoms with Crippen LogP contribution in [-0.4, -0.2) is 13.1 Å². The largest absolute Gasteiger partial charge is 0.469 e. The predicted molar refractivity (Wildman–Crippen MR) is 126 cm³/mol. The zero-order chi connectivity index (χ0) is 27.7. The van der Waals surface area contributed by atoms with Crippen LogP contribution in [0.25, 0.3) is 22.3 Å². The summed E-state index contributed by atoms with van der Waals surface area (Å²) in [5.74, 6) is -2.27. The summed E-state index contributed by atoms with van der Waals surface area (Å²) in [5, 5.41) is -0.167. The first-order valence-electron chi connectivity index (χ1n) is 11.1. The Morgan fingerprint density at radius 1 is 0.811 bits per heavy atom. The van der Waals surface area contributed by atoms with Crippen molar-refractivity contribution in [2.75, 3.05) is 7.11 Å². The Balaban J connectivity index is 2.34. The molecule has 1 unspecified atom stereocenters. The maximum Gasteiger partial charge on any atom is 0.416 e. The molecular formula is C27H22ClF7O2. The minimum atomic E-state index is -5.04. The van der Waals surface area contributed by atoms with Gasteiger partial charge in [0.15, 0.2) is 0 Å². The van der Waals surface area contributed by atoms with Crippen LogP contribution >= 0.6 is 11.6 Å². The molecule has 37 heavy (non-hydrogen) atoms. The SMILES string of the molecule is COC(=O)C(CC(C)C)c1cc(-c2cc(C(F)(F)F)cc(C(F)(F)F)c2)cc(-c2ccc(Cl)c(F)c2)c1. The highest BCUT2D eigenvalue weighted by Crippen LogP contribution is 2.41. The Hall–Kier alpha value is -3.07. The Morgan fingerprint density at radius 2 is 1.32 bits per heavy atom. The lowest BCUT2D eigenvalue weighted by molar-refractivity contribution is -0.144. The minimum absolute atomic E-state index is 0.00503. The number of halogens is 8. The van der Waals surface area contributed by atoms with Crippen LogP contribution in [0, 0.1) is 11.7 Å². The van der Waals surface area contributed by atoms with Gasteiger partial charge in [-0.05, 0) is 76.6 Å². The van der Waals surface area contributed by atoms with Gasteiger partial charge in [-0.15, -0.1) is 0 Å². The average molecular weight is 547 g/mol. The van der Waals surface area contributed by atoms with Crippen molar-refractivity contribution in [3.05, 3.63) is 82.1 Å². The van der Waals surface area contributed by atoms with E-state index in [2.05, 4.69) is 0 Å². The summed E-state index contributed by atoms with van der Waals surface area (Å²) in [4.78, 5) is 12.6. The highest BCUT2D eigenvalue weighted by atomic mass is 35.5. The van der Waals surface area contributed by atoms with Gasteiger partial charge in [0.2, 0.25) is 0 Å². The summed E-state index contributed by atoms with van der Waals surface area (Å²) in [5.41, 5.74) is -2.51. The summed E-state index contributed by atoms with van der Waals surface area (Å²) in [6.45, 7) is 3.69. The maximum absolute atomic E-state index is 14.2. The van der Waals surface area contributed by atoms with E-state index in [9.17, 15) is 35.5 Å². The van der Waals surface area contributed by atoms with Gasteiger partial charge in [0.1, 0.15) is 5.82 Å². The van der Waals surface area contributed by atoms with Crippen LogP contribution in [0.3, 0.4) is 0 Å². The molecule has 0 heterocycles. The molecule has 0 aliphatic heterocycles. The Morgan fingerprint density at radius 3 is 1.78 bits per heavy atom. The molecule has 198 valence electrons. The van der Waals surface area contributed by atoms with E-state index in [0.717, 1.165) is 6.07 Å². The molecule has 1 atom stereocenters. The standard InChI is InChI=1S/C27H22ClF7O2/c1-14(2)6-22(25(36)37-3)19-8-16(15-4-5-23(28)24(29)12-15)7-17(9-19)18-10-20(26(30,31)32)13-21(11-18)27(33,34)35/h4-5,7-14,22H,6H2,1-3H3.